The summed E-state index contributed by atoms with van der Waals surface area (Å²) in [5.74, 6) is 0.345. The Hall–Kier alpha value is -0.920. The third kappa shape index (κ3) is 3.55. The van der Waals surface area contributed by atoms with Gasteiger partial charge in [-0.1, -0.05) is 19.3 Å². The Labute approximate surface area is 114 Å². The zero-order valence-corrected chi connectivity index (χ0v) is 12.1. The van der Waals surface area contributed by atoms with Crippen LogP contribution >= 0.6 is 0 Å². The summed E-state index contributed by atoms with van der Waals surface area (Å²) in [6.45, 7) is 0.330. The first-order valence-electron chi connectivity index (χ1n) is 6.73. The van der Waals surface area contributed by atoms with Crippen LogP contribution in [0.5, 0.6) is 0 Å². The summed E-state index contributed by atoms with van der Waals surface area (Å²) < 4.78 is 28.8. The van der Waals surface area contributed by atoms with E-state index in [1.807, 2.05) is 0 Å². The predicted molar refractivity (Wildman–Crippen MR) is 72.9 cm³/mol. The van der Waals surface area contributed by atoms with E-state index in [0.29, 0.717) is 12.5 Å². The van der Waals surface area contributed by atoms with Gasteiger partial charge in [0.1, 0.15) is 0 Å². The van der Waals surface area contributed by atoms with Crippen molar-refractivity contribution in [1.82, 2.24) is 14.3 Å². The molecule has 0 bridgehead atoms. The van der Waals surface area contributed by atoms with Crippen LogP contribution < -0.4 is 10.5 Å². The van der Waals surface area contributed by atoms with Crippen molar-refractivity contribution in [2.75, 3.05) is 6.54 Å². The first-order chi connectivity index (χ1) is 9.03. The van der Waals surface area contributed by atoms with Gasteiger partial charge in [-0.2, -0.15) is 0 Å². The predicted octanol–water partition coefficient (Wildman–Crippen LogP) is 0.606. The van der Waals surface area contributed by atoms with Gasteiger partial charge in [-0.15, -0.1) is 0 Å². The summed E-state index contributed by atoms with van der Waals surface area (Å²) in [6.07, 6.45) is 8.63. The summed E-state index contributed by atoms with van der Waals surface area (Å²) in [7, 11) is -1.82. The number of hydrogen-bond acceptors (Lipinski definition) is 4. The Balaban J connectivity index is 2.08. The summed E-state index contributed by atoms with van der Waals surface area (Å²) in [6, 6.07) is -0.188. The Kier molecular flexibility index (Phi) is 4.59. The summed E-state index contributed by atoms with van der Waals surface area (Å²) in [5, 5.41) is 0.0595. The molecule has 1 aromatic heterocycles. The lowest BCUT2D eigenvalue weighted by Gasteiger charge is -2.29. The molecule has 19 heavy (non-hydrogen) atoms. The standard InChI is InChI=1S/C12H22N4O2S/c1-16-8-12(14-9-16)19(17,18)15-11(7-13)10-5-3-2-4-6-10/h8-11,15H,2-7,13H2,1H3. The summed E-state index contributed by atoms with van der Waals surface area (Å²) in [5.41, 5.74) is 5.74. The first kappa shape index (κ1) is 14.5. The molecule has 1 aliphatic rings. The van der Waals surface area contributed by atoms with E-state index in [1.54, 1.807) is 11.6 Å². The van der Waals surface area contributed by atoms with E-state index in [1.165, 1.54) is 18.9 Å². The fourth-order valence-corrected chi connectivity index (χ4v) is 3.96. The highest BCUT2D eigenvalue weighted by Gasteiger charge is 2.28. The SMILES string of the molecule is Cn1cnc(S(=O)(=O)NC(CN)C2CCCCC2)c1. The molecule has 1 heterocycles. The molecule has 0 radical (unpaired) electrons. The molecule has 6 nitrogen and oxygen atoms in total. The van der Waals surface area contributed by atoms with Gasteiger partial charge in [0.15, 0.2) is 5.03 Å². The second-order valence-electron chi connectivity index (χ2n) is 5.24. The molecular formula is C12H22N4O2S. The third-order valence-electron chi connectivity index (χ3n) is 3.74. The van der Waals surface area contributed by atoms with Gasteiger partial charge in [-0.05, 0) is 18.8 Å². The highest BCUT2D eigenvalue weighted by Crippen LogP contribution is 2.26. The van der Waals surface area contributed by atoms with Crippen LogP contribution in [0.1, 0.15) is 32.1 Å². The van der Waals surface area contributed by atoms with E-state index in [-0.39, 0.29) is 11.1 Å². The Morgan fingerprint density at radius 3 is 2.68 bits per heavy atom. The Bertz CT molecular complexity index is 506. The molecule has 0 saturated heterocycles. The van der Waals surface area contributed by atoms with Gasteiger partial charge in [0.05, 0.1) is 6.33 Å². The number of nitrogens with zero attached hydrogens (tertiary/aromatic N) is 2. The third-order valence-corrected chi connectivity index (χ3v) is 5.11. The average molecular weight is 286 g/mol. The quantitative estimate of drug-likeness (QED) is 0.829. The number of aryl methyl sites for hydroxylation is 1. The van der Waals surface area contributed by atoms with E-state index < -0.39 is 10.0 Å². The van der Waals surface area contributed by atoms with Crippen molar-refractivity contribution in [3.8, 4) is 0 Å². The topological polar surface area (TPSA) is 90.0 Å². The van der Waals surface area contributed by atoms with Gasteiger partial charge in [0.2, 0.25) is 0 Å². The first-order valence-corrected chi connectivity index (χ1v) is 8.21. The zero-order valence-electron chi connectivity index (χ0n) is 11.2. The molecule has 7 heteroatoms. The summed E-state index contributed by atoms with van der Waals surface area (Å²) >= 11 is 0. The van der Waals surface area contributed by atoms with Crippen molar-refractivity contribution in [3.05, 3.63) is 12.5 Å². The molecular weight excluding hydrogens is 264 g/mol. The fourth-order valence-electron chi connectivity index (χ4n) is 2.66. The molecule has 1 aromatic rings. The van der Waals surface area contributed by atoms with E-state index in [4.69, 9.17) is 5.73 Å². The van der Waals surface area contributed by atoms with Gasteiger partial charge in [-0.25, -0.2) is 18.1 Å². The van der Waals surface area contributed by atoms with Crippen LogP contribution in [0.3, 0.4) is 0 Å². The Morgan fingerprint density at radius 1 is 1.47 bits per heavy atom. The number of aromatic nitrogens is 2. The maximum atomic E-state index is 12.2. The molecule has 1 aliphatic carbocycles. The molecule has 0 amide bonds. The molecule has 1 atom stereocenters. The minimum Gasteiger partial charge on any atom is -0.339 e. The van der Waals surface area contributed by atoms with Crippen molar-refractivity contribution < 1.29 is 8.42 Å². The number of sulfonamides is 1. The van der Waals surface area contributed by atoms with Gasteiger partial charge < -0.3 is 10.3 Å². The van der Waals surface area contributed by atoms with Gasteiger partial charge >= 0.3 is 0 Å². The lowest BCUT2D eigenvalue weighted by molar-refractivity contribution is 0.294. The molecule has 1 unspecified atom stereocenters. The number of hydrogen-bond donors (Lipinski definition) is 2. The lowest BCUT2D eigenvalue weighted by Crippen LogP contribution is -2.45. The van der Waals surface area contributed by atoms with Crippen LogP contribution in [0, 0.1) is 5.92 Å². The molecule has 3 N–H and O–H groups in total. The number of nitrogens with one attached hydrogen (secondary N) is 1. The van der Waals surface area contributed by atoms with Crippen LogP contribution in [-0.2, 0) is 17.1 Å². The van der Waals surface area contributed by atoms with Gasteiger partial charge in [0, 0.05) is 25.8 Å². The van der Waals surface area contributed by atoms with Crippen molar-refractivity contribution >= 4 is 10.0 Å². The highest BCUT2D eigenvalue weighted by atomic mass is 32.2. The second-order valence-corrected chi connectivity index (χ2v) is 6.90. The van der Waals surface area contributed by atoms with Crippen LogP contribution in [0.2, 0.25) is 0 Å². The molecule has 108 valence electrons. The normalized spacial score (nSPS) is 19.5. The smallest absolute Gasteiger partial charge is 0.259 e. The molecule has 0 spiro atoms. The maximum Gasteiger partial charge on any atom is 0.259 e. The van der Waals surface area contributed by atoms with E-state index >= 15 is 0 Å². The number of imidazole rings is 1. The largest absolute Gasteiger partial charge is 0.339 e. The van der Waals surface area contributed by atoms with Crippen molar-refractivity contribution in [2.24, 2.45) is 18.7 Å². The van der Waals surface area contributed by atoms with Crippen molar-refractivity contribution in [3.63, 3.8) is 0 Å². The minimum atomic E-state index is -3.56. The van der Waals surface area contributed by atoms with Crippen LogP contribution in [0.15, 0.2) is 17.6 Å². The zero-order chi connectivity index (χ0) is 13.9. The van der Waals surface area contributed by atoms with Gasteiger partial charge in [-0.3, -0.25) is 0 Å². The van der Waals surface area contributed by atoms with Crippen LogP contribution in [0.25, 0.3) is 0 Å². The van der Waals surface area contributed by atoms with E-state index in [2.05, 4.69) is 9.71 Å². The number of nitrogens with two attached hydrogens (primary N) is 1. The highest BCUT2D eigenvalue weighted by molar-refractivity contribution is 7.89. The van der Waals surface area contributed by atoms with Gasteiger partial charge in [0.25, 0.3) is 10.0 Å². The minimum absolute atomic E-state index is 0.0595. The summed E-state index contributed by atoms with van der Waals surface area (Å²) in [4.78, 5) is 3.89. The lowest BCUT2D eigenvalue weighted by atomic mass is 9.84. The van der Waals surface area contributed by atoms with E-state index in [0.717, 1.165) is 25.7 Å². The van der Waals surface area contributed by atoms with Crippen LogP contribution in [-0.4, -0.2) is 30.6 Å². The van der Waals surface area contributed by atoms with Crippen molar-refractivity contribution in [2.45, 2.75) is 43.2 Å². The molecule has 1 fully saturated rings. The fraction of sp³-hybridized carbons (Fsp3) is 0.750. The molecule has 1 saturated carbocycles. The van der Waals surface area contributed by atoms with E-state index in [9.17, 15) is 8.42 Å². The molecule has 2 rings (SSSR count). The molecule has 0 aromatic carbocycles. The molecule has 0 aliphatic heterocycles. The monoisotopic (exact) mass is 286 g/mol. The van der Waals surface area contributed by atoms with Crippen molar-refractivity contribution in [1.29, 1.82) is 0 Å². The second kappa shape index (κ2) is 6.02. The average Bonchev–Trinajstić information content (AvgIpc) is 2.85. The van der Waals surface area contributed by atoms with Crippen LogP contribution in [0.4, 0.5) is 0 Å². The maximum absolute atomic E-state index is 12.2. The Morgan fingerprint density at radius 2 is 2.16 bits per heavy atom. The number of rotatable bonds is 5.